The number of hydrogen-bond donors (Lipinski definition) is 1. The molecule has 1 N–H and O–H groups in total. The quantitative estimate of drug-likeness (QED) is 0.304. The molecule has 3 aromatic rings. The van der Waals surface area contributed by atoms with E-state index in [2.05, 4.69) is 18.2 Å². The number of phenolic OH excluding ortho intramolecular Hbond substituents is 1. The standard InChI is InChI=1S/C30H34O4/c1-3-33-18-34-29-24(23-6-4-5-7-27(23)31)9-8-22-13-28(32-2)26(14-25(22)29)30-15-19-10-20(16-30)12-21(11-19)17-30/h4-9,13-14,19-21,31H,3,10-12,15-18H2,1-2H3. The van der Waals surface area contributed by atoms with Crippen molar-refractivity contribution in [3.05, 3.63) is 54.1 Å². The van der Waals surface area contributed by atoms with Crippen molar-refractivity contribution in [2.24, 2.45) is 17.8 Å². The summed E-state index contributed by atoms with van der Waals surface area (Å²) in [5, 5.41) is 12.8. The van der Waals surface area contributed by atoms with Gasteiger partial charge in [0.2, 0.25) is 0 Å². The average molecular weight is 459 g/mol. The highest BCUT2D eigenvalue weighted by Gasteiger charge is 2.52. The minimum Gasteiger partial charge on any atom is -0.507 e. The minimum atomic E-state index is 0.176. The van der Waals surface area contributed by atoms with Gasteiger partial charge in [0.05, 0.1) is 7.11 Å². The fourth-order valence-corrected chi connectivity index (χ4v) is 7.60. The van der Waals surface area contributed by atoms with Crippen LogP contribution in [-0.4, -0.2) is 25.6 Å². The molecule has 178 valence electrons. The van der Waals surface area contributed by atoms with E-state index in [-0.39, 0.29) is 18.0 Å². The van der Waals surface area contributed by atoms with Crippen LogP contribution in [0.3, 0.4) is 0 Å². The van der Waals surface area contributed by atoms with Crippen molar-refractivity contribution in [3.63, 3.8) is 0 Å². The van der Waals surface area contributed by atoms with Gasteiger partial charge in [-0.2, -0.15) is 0 Å². The summed E-state index contributed by atoms with van der Waals surface area (Å²) in [5.74, 6) is 4.58. The number of rotatable bonds is 7. The molecule has 0 unspecified atom stereocenters. The molecule has 0 heterocycles. The van der Waals surface area contributed by atoms with Crippen LogP contribution < -0.4 is 9.47 Å². The SMILES string of the molecule is CCOCOc1c(-c2ccccc2O)ccc2cc(OC)c(C34CC5CC(CC(C5)C3)C4)cc12. The Labute approximate surface area is 201 Å². The van der Waals surface area contributed by atoms with Crippen LogP contribution in [0.2, 0.25) is 0 Å². The third-order valence-electron chi connectivity index (χ3n) is 8.58. The third kappa shape index (κ3) is 3.54. The molecular weight excluding hydrogens is 424 g/mol. The van der Waals surface area contributed by atoms with Crippen LogP contribution in [0.25, 0.3) is 21.9 Å². The van der Waals surface area contributed by atoms with E-state index >= 15 is 0 Å². The molecule has 3 aromatic carbocycles. The van der Waals surface area contributed by atoms with Crippen molar-refractivity contribution < 1.29 is 19.3 Å². The van der Waals surface area contributed by atoms with Crippen LogP contribution in [0.15, 0.2) is 48.5 Å². The molecule has 0 radical (unpaired) electrons. The number of phenols is 1. The zero-order valence-corrected chi connectivity index (χ0v) is 20.2. The maximum absolute atomic E-state index is 10.6. The highest BCUT2D eigenvalue weighted by Crippen LogP contribution is 2.62. The lowest BCUT2D eigenvalue weighted by atomic mass is 9.48. The van der Waals surface area contributed by atoms with Gasteiger partial charge in [-0.1, -0.05) is 24.3 Å². The van der Waals surface area contributed by atoms with Crippen molar-refractivity contribution in [2.45, 2.75) is 50.9 Å². The highest BCUT2D eigenvalue weighted by atomic mass is 16.7. The molecule has 0 amide bonds. The number of aromatic hydroxyl groups is 1. The summed E-state index contributed by atoms with van der Waals surface area (Å²) in [5.41, 5.74) is 3.20. The summed E-state index contributed by atoms with van der Waals surface area (Å²) < 4.78 is 17.9. The van der Waals surface area contributed by atoms with E-state index < -0.39 is 0 Å². The summed E-state index contributed by atoms with van der Waals surface area (Å²) in [6.45, 7) is 2.73. The molecule has 7 rings (SSSR count). The molecule has 4 aliphatic carbocycles. The van der Waals surface area contributed by atoms with E-state index in [4.69, 9.17) is 14.2 Å². The summed E-state index contributed by atoms with van der Waals surface area (Å²) in [4.78, 5) is 0. The lowest BCUT2D eigenvalue weighted by Crippen LogP contribution is -2.48. The molecule has 0 aromatic heterocycles. The molecule has 0 spiro atoms. The number of fused-ring (bicyclic) bond motifs is 1. The molecule has 0 aliphatic heterocycles. The zero-order valence-electron chi connectivity index (χ0n) is 20.2. The maximum Gasteiger partial charge on any atom is 0.189 e. The third-order valence-corrected chi connectivity index (χ3v) is 8.58. The first-order valence-corrected chi connectivity index (χ1v) is 12.7. The van der Waals surface area contributed by atoms with Gasteiger partial charge in [0.1, 0.15) is 17.2 Å². The summed E-state index contributed by atoms with van der Waals surface area (Å²) in [6.07, 6.45) is 8.05. The molecular formula is C30H34O4. The van der Waals surface area contributed by atoms with Gasteiger partial charge < -0.3 is 19.3 Å². The molecule has 4 heteroatoms. The van der Waals surface area contributed by atoms with Gasteiger partial charge in [-0.3, -0.25) is 0 Å². The van der Waals surface area contributed by atoms with Crippen LogP contribution in [0, 0.1) is 17.8 Å². The first-order chi connectivity index (χ1) is 16.6. The Kier molecular flexibility index (Phi) is 5.44. The molecule has 4 fully saturated rings. The van der Waals surface area contributed by atoms with Gasteiger partial charge in [0, 0.05) is 28.7 Å². The average Bonchev–Trinajstić information content (AvgIpc) is 2.83. The Morgan fingerprint density at radius 1 is 0.912 bits per heavy atom. The molecule has 4 aliphatic rings. The summed E-state index contributed by atoms with van der Waals surface area (Å²) >= 11 is 0. The monoisotopic (exact) mass is 458 g/mol. The number of methoxy groups -OCH3 is 1. The second-order valence-corrected chi connectivity index (χ2v) is 10.7. The lowest BCUT2D eigenvalue weighted by Gasteiger charge is -2.57. The Morgan fingerprint density at radius 3 is 2.26 bits per heavy atom. The number of hydrogen-bond acceptors (Lipinski definition) is 4. The summed E-state index contributed by atoms with van der Waals surface area (Å²) in [6, 6.07) is 16.1. The largest absolute Gasteiger partial charge is 0.507 e. The second kappa shape index (κ2) is 8.49. The van der Waals surface area contributed by atoms with Crippen LogP contribution in [-0.2, 0) is 10.2 Å². The summed E-state index contributed by atoms with van der Waals surface area (Å²) in [7, 11) is 1.80. The minimum absolute atomic E-state index is 0.176. The van der Waals surface area contributed by atoms with Gasteiger partial charge in [0.15, 0.2) is 6.79 Å². The van der Waals surface area contributed by atoms with Gasteiger partial charge >= 0.3 is 0 Å². The molecule has 0 saturated heterocycles. The van der Waals surface area contributed by atoms with Crippen molar-refractivity contribution in [2.75, 3.05) is 20.5 Å². The fraction of sp³-hybridized carbons (Fsp3) is 0.467. The van der Waals surface area contributed by atoms with E-state index in [0.717, 1.165) is 51.2 Å². The molecule has 4 bridgehead atoms. The smallest absolute Gasteiger partial charge is 0.189 e. The molecule has 4 saturated carbocycles. The van der Waals surface area contributed by atoms with Crippen molar-refractivity contribution >= 4 is 10.8 Å². The van der Waals surface area contributed by atoms with Gasteiger partial charge in [-0.05, 0) is 98.3 Å². The molecule has 4 nitrogen and oxygen atoms in total. The Balaban J connectivity index is 1.54. The number of benzene rings is 3. The maximum atomic E-state index is 10.6. The van der Waals surface area contributed by atoms with E-state index in [0.29, 0.717) is 6.61 Å². The van der Waals surface area contributed by atoms with Crippen LogP contribution >= 0.6 is 0 Å². The lowest BCUT2D eigenvalue weighted by molar-refractivity contribution is -0.00610. The van der Waals surface area contributed by atoms with Crippen molar-refractivity contribution in [3.8, 4) is 28.4 Å². The fourth-order valence-electron chi connectivity index (χ4n) is 7.60. The first-order valence-electron chi connectivity index (χ1n) is 12.7. The highest BCUT2D eigenvalue weighted by molar-refractivity contribution is 5.97. The predicted octanol–water partition coefficient (Wildman–Crippen LogP) is 7.06. The van der Waals surface area contributed by atoms with Crippen LogP contribution in [0.5, 0.6) is 17.2 Å². The number of para-hydroxylation sites is 1. The molecule has 34 heavy (non-hydrogen) atoms. The van der Waals surface area contributed by atoms with Crippen LogP contribution in [0.4, 0.5) is 0 Å². The first kappa shape index (κ1) is 21.8. The van der Waals surface area contributed by atoms with E-state index in [9.17, 15) is 5.11 Å². The van der Waals surface area contributed by atoms with Gasteiger partial charge in [-0.25, -0.2) is 0 Å². The van der Waals surface area contributed by atoms with E-state index in [1.807, 2.05) is 31.2 Å². The number of ether oxygens (including phenoxy) is 3. The Bertz CT molecular complexity index is 1180. The van der Waals surface area contributed by atoms with Gasteiger partial charge in [0.25, 0.3) is 0 Å². The second-order valence-electron chi connectivity index (χ2n) is 10.7. The van der Waals surface area contributed by atoms with E-state index in [1.165, 1.54) is 44.1 Å². The predicted molar refractivity (Wildman–Crippen MR) is 135 cm³/mol. The van der Waals surface area contributed by atoms with Crippen molar-refractivity contribution in [1.29, 1.82) is 0 Å². The van der Waals surface area contributed by atoms with E-state index in [1.54, 1.807) is 13.2 Å². The zero-order chi connectivity index (χ0) is 23.3. The molecule has 0 atom stereocenters. The van der Waals surface area contributed by atoms with Crippen molar-refractivity contribution in [1.82, 2.24) is 0 Å². The van der Waals surface area contributed by atoms with Gasteiger partial charge in [-0.15, -0.1) is 0 Å². The topological polar surface area (TPSA) is 47.9 Å². The Morgan fingerprint density at radius 2 is 1.62 bits per heavy atom. The Hall–Kier alpha value is -2.72. The van der Waals surface area contributed by atoms with Crippen LogP contribution in [0.1, 0.15) is 51.0 Å². The normalized spacial score (nSPS) is 27.3.